The van der Waals surface area contributed by atoms with E-state index in [9.17, 15) is 4.39 Å². The fourth-order valence-corrected chi connectivity index (χ4v) is 2.34. The molecule has 2 N–H and O–H groups in total. The van der Waals surface area contributed by atoms with Crippen LogP contribution in [0.2, 0.25) is 0 Å². The van der Waals surface area contributed by atoms with Crippen molar-refractivity contribution < 1.29 is 13.9 Å². The van der Waals surface area contributed by atoms with E-state index in [1.54, 1.807) is 6.07 Å². The molecule has 0 aliphatic carbocycles. The van der Waals surface area contributed by atoms with Crippen LogP contribution >= 0.6 is 12.2 Å². The molecule has 1 unspecified atom stereocenters. The summed E-state index contributed by atoms with van der Waals surface area (Å²) in [5.74, 6) is 1.03. The maximum atomic E-state index is 13.9. The van der Waals surface area contributed by atoms with Crippen LogP contribution in [-0.2, 0) is 6.42 Å². The average molecular weight is 269 g/mol. The highest BCUT2D eigenvalue weighted by Crippen LogP contribution is 2.33. The van der Waals surface area contributed by atoms with Crippen LogP contribution in [0, 0.1) is 11.7 Å². The number of fused-ring (bicyclic) bond motifs is 1. The summed E-state index contributed by atoms with van der Waals surface area (Å²) in [6.45, 7) is 2.96. The minimum absolute atomic E-state index is 0.208. The second-order valence-electron chi connectivity index (χ2n) is 4.57. The summed E-state index contributed by atoms with van der Waals surface area (Å²) in [6.07, 6.45) is 1.20. The first-order valence-corrected chi connectivity index (χ1v) is 6.33. The zero-order valence-corrected chi connectivity index (χ0v) is 11.1. The fraction of sp³-hybridized carbons (Fsp3) is 0.462. The van der Waals surface area contributed by atoms with Crippen molar-refractivity contribution in [3.63, 3.8) is 0 Å². The maximum Gasteiger partial charge on any atom is 0.164 e. The van der Waals surface area contributed by atoms with Gasteiger partial charge in [-0.1, -0.05) is 19.1 Å². The van der Waals surface area contributed by atoms with E-state index in [1.807, 2.05) is 6.92 Å². The van der Waals surface area contributed by atoms with E-state index in [0.29, 0.717) is 48.1 Å². The van der Waals surface area contributed by atoms with Crippen molar-refractivity contribution in [3.05, 3.63) is 23.5 Å². The van der Waals surface area contributed by atoms with Gasteiger partial charge in [0, 0.05) is 12.5 Å². The van der Waals surface area contributed by atoms with Crippen molar-refractivity contribution >= 4 is 17.2 Å². The molecule has 1 atom stereocenters. The molecule has 0 aromatic heterocycles. The Hall–Kier alpha value is -1.36. The molecular weight excluding hydrogens is 253 g/mol. The van der Waals surface area contributed by atoms with Crippen LogP contribution < -0.4 is 15.2 Å². The van der Waals surface area contributed by atoms with Gasteiger partial charge in [-0.15, -0.1) is 0 Å². The predicted octanol–water partition coefficient (Wildman–Crippen LogP) is 2.45. The molecule has 1 aliphatic heterocycles. The van der Waals surface area contributed by atoms with Crippen molar-refractivity contribution in [2.45, 2.75) is 19.8 Å². The Labute approximate surface area is 111 Å². The van der Waals surface area contributed by atoms with E-state index >= 15 is 0 Å². The van der Waals surface area contributed by atoms with Gasteiger partial charge >= 0.3 is 0 Å². The molecule has 18 heavy (non-hydrogen) atoms. The number of rotatable bonds is 4. The van der Waals surface area contributed by atoms with Gasteiger partial charge in [-0.3, -0.25) is 0 Å². The number of hydrogen-bond acceptors (Lipinski definition) is 3. The summed E-state index contributed by atoms with van der Waals surface area (Å²) in [5, 5.41) is 0. The van der Waals surface area contributed by atoms with E-state index in [-0.39, 0.29) is 11.7 Å². The van der Waals surface area contributed by atoms with Crippen LogP contribution in [0.3, 0.4) is 0 Å². The van der Waals surface area contributed by atoms with Crippen molar-refractivity contribution in [2.24, 2.45) is 11.7 Å². The lowest BCUT2D eigenvalue weighted by Crippen LogP contribution is -2.17. The van der Waals surface area contributed by atoms with Gasteiger partial charge in [0.2, 0.25) is 0 Å². The van der Waals surface area contributed by atoms with Crippen LogP contribution in [-0.4, -0.2) is 18.2 Å². The Morgan fingerprint density at radius 2 is 2.00 bits per heavy atom. The summed E-state index contributed by atoms with van der Waals surface area (Å²) < 4.78 is 24.6. The maximum absolute atomic E-state index is 13.9. The number of ether oxygens (including phenoxy) is 2. The Morgan fingerprint density at radius 3 is 2.61 bits per heavy atom. The number of halogens is 1. The average Bonchev–Trinajstić information content (AvgIpc) is 2.29. The number of thiocarbonyl (C=S) groups is 1. The first kappa shape index (κ1) is 13.1. The van der Waals surface area contributed by atoms with Gasteiger partial charge in [-0.25, -0.2) is 4.39 Å². The number of benzene rings is 1. The monoisotopic (exact) mass is 269 g/mol. The molecule has 0 saturated carbocycles. The Balaban J connectivity index is 2.15. The van der Waals surface area contributed by atoms with E-state index in [4.69, 9.17) is 27.4 Å². The third kappa shape index (κ3) is 3.10. The van der Waals surface area contributed by atoms with E-state index in [2.05, 4.69) is 0 Å². The van der Waals surface area contributed by atoms with Gasteiger partial charge in [-0.2, -0.15) is 0 Å². The summed E-state index contributed by atoms with van der Waals surface area (Å²) in [7, 11) is 0. The molecule has 1 heterocycles. The summed E-state index contributed by atoms with van der Waals surface area (Å²) in [6, 6.07) is 3.09. The molecule has 2 rings (SSSR count). The minimum Gasteiger partial charge on any atom is -0.486 e. The van der Waals surface area contributed by atoms with Crippen LogP contribution in [0.1, 0.15) is 18.9 Å². The quantitative estimate of drug-likeness (QED) is 0.853. The second-order valence-corrected chi connectivity index (χ2v) is 5.09. The SMILES string of the molecule is CC(CC(N)=S)Cc1cc2c(cc1F)OCCO2. The largest absolute Gasteiger partial charge is 0.486 e. The normalized spacial score (nSPS) is 15.2. The molecule has 0 saturated heterocycles. The third-order valence-electron chi connectivity index (χ3n) is 2.83. The molecule has 0 fully saturated rings. The molecule has 0 amide bonds. The Morgan fingerprint density at radius 1 is 1.39 bits per heavy atom. The zero-order chi connectivity index (χ0) is 13.1. The van der Waals surface area contributed by atoms with Crippen LogP contribution in [0.25, 0.3) is 0 Å². The Bertz CT molecular complexity index is 465. The molecule has 0 radical (unpaired) electrons. The van der Waals surface area contributed by atoms with Crippen molar-refractivity contribution in [3.8, 4) is 11.5 Å². The van der Waals surface area contributed by atoms with Crippen LogP contribution in [0.5, 0.6) is 11.5 Å². The lowest BCUT2D eigenvalue weighted by atomic mass is 9.97. The van der Waals surface area contributed by atoms with Crippen molar-refractivity contribution in [2.75, 3.05) is 13.2 Å². The number of hydrogen-bond donors (Lipinski definition) is 1. The molecule has 1 aromatic rings. The van der Waals surface area contributed by atoms with Gasteiger partial charge in [0.05, 0.1) is 4.99 Å². The van der Waals surface area contributed by atoms with Gasteiger partial charge in [0.15, 0.2) is 11.5 Å². The molecule has 1 aromatic carbocycles. The Kier molecular flexibility index (Phi) is 4.01. The first-order valence-electron chi connectivity index (χ1n) is 5.92. The minimum atomic E-state index is -0.269. The molecule has 1 aliphatic rings. The van der Waals surface area contributed by atoms with Gasteiger partial charge in [0.25, 0.3) is 0 Å². The molecule has 3 nitrogen and oxygen atoms in total. The van der Waals surface area contributed by atoms with Gasteiger partial charge < -0.3 is 15.2 Å². The third-order valence-corrected chi connectivity index (χ3v) is 3.00. The van der Waals surface area contributed by atoms with Crippen LogP contribution in [0.15, 0.2) is 12.1 Å². The number of nitrogens with two attached hydrogens (primary N) is 1. The van der Waals surface area contributed by atoms with E-state index < -0.39 is 0 Å². The van der Waals surface area contributed by atoms with Crippen molar-refractivity contribution in [1.82, 2.24) is 0 Å². The smallest absolute Gasteiger partial charge is 0.164 e. The first-order chi connectivity index (χ1) is 8.56. The van der Waals surface area contributed by atoms with E-state index in [0.717, 1.165) is 0 Å². The topological polar surface area (TPSA) is 44.5 Å². The standard InChI is InChI=1S/C13H16FNO2S/c1-8(5-13(15)18)4-9-6-11-12(7-10(9)14)17-3-2-16-11/h6-8H,2-5H2,1H3,(H2,15,18). The molecular formula is C13H16FNO2S. The summed E-state index contributed by atoms with van der Waals surface area (Å²) in [5.41, 5.74) is 6.10. The summed E-state index contributed by atoms with van der Waals surface area (Å²) >= 11 is 4.86. The zero-order valence-electron chi connectivity index (χ0n) is 10.2. The molecule has 0 bridgehead atoms. The van der Waals surface area contributed by atoms with Gasteiger partial charge in [0.1, 0.15) is 19.0 Å². The predicted molar refractivity (Wildman–Crippen MR) is 71.7 cm³/mol. The lowest BCUT2D eigenvalue weighted by molar-refractivity contribution is 0.170. The lowest BCUT2D eigenvalue weighted by Gasteiger charge is -2.20. The highest BCUT2D eigenvalue weighted by atomic mass is 32.1. The molecule has 0 spiro atoms. The van der Waals surface area contributed by atoms with Crippen molar-refractivity contribution in [1.29, 1.82) is 0 Å². The summed E-state index contributed by atoms with van der Waals surface area (Å²) in [4.78, 5) is 0.459. The highest BCUT2D eigenvalue weighted by molar-refractivity contribution is 7.80. The van der Waals surface area contributed by atoms with Crippen LogP contribution in [0.4, 0.5) is 4.39 Å². The van der Waals surface area contributed by atoms with Gasteiger partial charge in [-0.05, 0) is 24.0 Å². The molecule has 5 heteroatoms. The van der Waals surface area contributed by atoms with E-state index in [1.165, 1.54) is 6.07 Å². The fourth-order valence-electron chi connectivity index (χ4n) is 2.05. The highest BCUT2D eigenvalue weighted by Gasteiger charge is 2.17. The molecule has 98 valence electrons. The second kappa shape index (κ2) is 5.52.